The standard InChI is InChI=1S/C15H14O.C8H9P/c1-15(2)11-7-3-5-9-13(11)16-14-10-6-4-8-12(14)15;1-2-7-3-5-8(9)6-4-7/h3-10H,1-2H3;2-6H,1,9H2. The fourth-order valence-electron chi connectivity index (χ4n) is 3.04. The van der Waals surface area contributed by atoms with Crippen molar-refractivity contribution in [1.82, 2.24) is 0 Å². The Hall–Kier alpha value is -2.37. The molecule has 3 aromatic carbocycles. The van der Waals surface area contributed by atoms with E-state index in [1.54, 1.807) is 0 Å². The Balaban J connectivity index is 0.000000173. The highest BCUT2D eigenvalue weighted by Crippen LogP contribution is 2.47. The maximum atomic E-state index is 5.91. The minimum Gasteiger partial charge on any atom is -0.457 e. The summed E-state index contributed by atoms with van der Waals surface area (Å²) in [5.41, 5.74) is 3.70. The maximum absolute atomic E-state index is 5.91. The zero-order valence-corrected chi connectivity index (χ0v) is 15.9. The van der Waals surface area contributed by atoms with Gasteiger partial charge in [0.15, 0.2) is 0 Å². The Kier molecular flexibility index (Phi) is 5.06. The fourth-order valence-corrected chi connectivity index (χ4v) is 3.23. The van der Waals surface area contributed by atoms with E-state index in [1.807, 2.05) is 54.6 Å². The molecule has 0 aliphatic carbocycles. The van der Waals surface area contributed by atoms with E-state index >= 15 is 0 Å². The summed E-state index contributed by atoms with van der Waals surface area (Å²) in [5, 5.41) is 1.21. The van der Waals surface area contributed by atoms with Crippen LogP contribution in [0, 0.1) is 0 Å². The second-order valence-corrected chi connectivity index (χ2v) is 7.26. The third kappa shape index (κ3) is 3.67. The Labute approximate surface area is 152 Å². The van der Waals surface area contributed by atoms with Crippen molar-refractivity contribution in [1.29, 1.82) is 0 Å². The normalized spacial score (nSPS) is 13.4. The van der Waals surface area contributed by atoms with Gasteiger partial charge in [0.1, 0.15) is 11.5 Å². The van der Waals surface area contributed by atoms with E-state index in [2.05, 4.69) is 53.9 Å². The van der Waals surface area contributed by atoms with Gasteiger partial charge in [-0.3, -0.25) is 0 Å². The Morgan fingerprint density at radius 3 is 1.76 bits per heavy atom. The van der Waals surface area contributed by atoms with Gasteiger partial charge in [0, 0.05) is 16.5 Å². The summed E-state index contributed by atoms with van der Waals surface area (Å²) in [7, 11) is 2.64. The molecular weight excluding hydrogens is 323 g/mol. The third-order valence-electron chi connectivity index (χ3n) is 4.51. The second kappa shape index (κ2) is 7.25. The zero-order chi connectivity index (χ0) is 17.9. The van der Waals surface area contributed by atoms with Crippen molar-refractivity contribution in [3.05, 3.63) is 96.1 Å². The van der Waals surface area contributed by atoms with Gasteiger partial charge in [-0.2, -0.15) is 0 Å². The molecule has 0 radical (unpaired) electrons. The number of benzene rings is 3. The molecular formula is C23H23OP. The topological polar surface area (TPSA) is 9.23 Å². The van der Waals surface area contributed by atoms with Crippen molar-refractivity contribution in [2.75, 3.05) is 0 Å². The summed E-state index contributed by atoms with van der Waals surface area (Å²) in [5.74, 6) is 1.96. The average Bonchev–Trinajstić information content (AvgIpc) is 2.63. The molecule has 0 saturated carbocycles. The smallest absolute Gasteiger partial charge is 0.131 e. The van der Waals surface area contributed by atoms with Gasteiger partial charge in [0.25, 0.3) is 0 Å². The van der Waals surface area contributed by atoms with Crippen molar-refractivity contribution in [2.24, 2.45) is 0 Å². The van der Waals surface area contributed by atoms with Crippen LogP contribution in [0.1, 0.15) is 30.5 Å². The predicted molar refractivity (Wildman–Crippen MR) is 111 cm³/mol. The van der Waals surface area contributed by atoms with Crippen LogP contribution in [0.5, 0.6) is 11.5 Å². The first kappa shape index (κ1) is 17.5. The van der Waals surface area contributed by atoms with Crippen molar-refractivity contribution < 1.29 is 4.74 Å². The van der Waals surface area contributed by atoms with E-state index in [4.69, 9.17) is 4.74 Å². The van der Waals surface area contributed by atoms with Gasteiger partial charge in [0.05, 0.1) is 0 Å². The van der Waals surface area contributed by atoms with Crippen molar-refractivity contribution in [2.45, 2.75) is 19.3 Å². The number of ether oxygens (including phenoxy) is 1. The molecule has 1 nitrogen and oxygen atoms in total. The molecule has 126 valence electrons. The monoisotopic (exact) mass is 346 g/mol. The number of rotatable bonds is 1. The summed E-state index contributed by atoms with van der Waals surface area (Å²) >= 11 is 0. The van der Waals surface area contributed by atoms with Crippen molar-refractivity contribution in [3.63, 3.8) is 0 Å². The number of hydrogen-bond acceptors (Lipinski definition) is 1. The first-order valence-electron chi connectivity index (χ1n) is 8.37. The van der Waals surface area contributed by atoms with Gasteiger partial charge in [-0.1, -0.05) is 87.2 Å². The quantitative estimate of drug-likeness (QED) is 0.495. The van der Waals surface area contributed by atoms with Gasteiger partial charge in [-0.25, -0.2) is 0 Å². The third-order valence-corrected chi connectivity index (χ3v) is 4.90. The molecule has 0 fully saturated rings. The van der Waals surface area contributed by atoms with E-state index < -0.39 is 0 Å². The summed E-state index contributed by atoms with van der Waals surface area (Å²) in [6, 6.07) is 24.7. The summed E-state index contributed by atoms with van der Waals surface area (Å²) in [4.78, 5) is 0. The SMILES string of the molecule is C=Cc1ccc(P)cc1.CC1(C)c2ccccc2Oc2ccccc21. The lowest BCUT2D eigenvalue weighted by Crippen LogP contribution is -2.23. The van der Waals surface area contributed by atoms with Crippen LogP contribution < -0.4 is 10.0 Å². The highest BCUT2D eigenvalue weighted by molar-refractivity contribution is 7.27. The molecule has 25 heavy (non-hydrogen) atoms. The van der Waals surface area contributed by atoms with E-state index in [0.29, 0.717) is 0 Å². The van der Waals surface area contributed by atoms with Crippen LogP contribution in [-0.2, 0) is 5.41 Å². The largest absolute Gasteiger partial charge is 0.457 e. The number of fused-ring (bicyclic) bond motifs is 2. The summed E-state index contributed by atoms with van der Waals surface area (Å²) in [6.07, 6.45) is 1.84. The molecule has 0 N–H and O–H groups in total. The van der Waals surface area contributed by atoms with Gasteiger partial charge in [-0.05, 0) is 23.0 Å². The van der Waals surface area contributed by atoms with Gasteiger partial charge in [0.2, 0.25) is 0 Å². The van der Waals surface area contributed by atoms with E-state index in [0.717, 1.165) is 11.5 Å². The van der Waals surface area contributed by atoms with Crippen LogP contribution in [0.15, 0.2) is 79.4 Å². The predicted octanol–water partition coefficient (Wildman–Crippen LogP) is 5.95. The van der Waals surface area contributed by atoms with E-state index in [1.165, 1.54) is 22.0 Å². The van der Waals surface area contributed by atoms with Crippen LogP contribution in [-0.4, -0.2) is 0 Å². The zero-order valence-electron chi connectivity index (χ0n) is 14.7. The highest BCUT2D eigenvalue weighted by Gasteiger charge is 2.33. The van der Waals surface area contributed by atoms with Gasteiger partial charge in [-0.15, -0.1) is 9.24 Å². The molecule has 1 atom stereocenters. The van der Waals surface area contributed by atoms with Crippen LogP contribution in [0.2, 0.25) is 0 Å². The molecule has 0 bridgehead atoms. The second-order valence-electron chi connectivity index (χ2n) is 6.59. The Morgan fingerprint density at radius 1 is 0.800 bits per heavy atom. The minimum atomic E-state index is 0.0193. The summed E-state index contributed by atoms with van der Waals surface area (Å²) in [6.45, 7) is 8.14. The molecule has 0 spiro atoms. The van der Waals surface area contributed by atoms with Crippen LogP contribution in [0.3, 0.4) is 0 Å². The molecule has 1 aliphatic rings. The summed E-state index contributed by atoms with van der Waals surface area (Å²) < 4.78 is 5.91. The Bertz CT molecular complexity index is 831. The lowest BCUT2D eigenvalue weighted by atomic mass is 9.76. The highest BCUT2D eigenvalue weighted by atomic mass is 31.0. The van der Waals surface area contributed by atoms with Crippen LogP contribution in [0.4, 0.5) is 0 Å². The van der Waals surface area contributed by atoms with Gasteiger partial charge < -0.3 is 4.74 Å². The average molecular weight is 346 g/mol. The molecule has 1 unspecified atom stereocenters. The molecule has 0 saturated heterocycles. The number of para-hydroxylation sites is 2. The van der Waals surface area contributed by atoms with Crippen molar-refractivity contribution >= 4 is 20.6 Å². The lowest BCUT2D eigenvalue weighted by molar-refractivity contribution is 0.418. The molecule has 4 rings (SSSR count). The van der Waals surface area contributed by atoms with E-state index in [9.17, 15) is 0 Å². The molecule has 0 aromatic heterocycles. The first-order chi connectivity index (χ1) is 12.0. The lowest BCUT2D eigenvalue weighted by Gasteiger charge is -2.34. The first-order valence-corrected chi connectivity index (χ1v) is 8.95. The minimum absolute atomic E-state index is 0.0193. The van der Waals surface area contributed by atoms with Crippen molar-refractivity contribution in [3.8, 4) is 11.5 Å². The molecule has 1 heterocycles. The maximum Gasteiger partial charge on any atom is 0.131 e. The molecule has 3 aromatic rings. The van der Waals surface area contributed by atoms with Crippen LogP contribution >= 0.6 is 9.24 Å². The molecule has 0 amide bonds. The Morgan fingerprint density at radius 2 is 1.28 bits per heavy atom. The van der Waals surface area contributed by atoms with Crippen LogP contribution in [0.25, 0.3) is 6.08 Å². The molecule has 1 aliphatic heterocycles. The fraction of sp³-hybridized carbons (Fsp3) is 0.130. The molecule has 2 heteroatoms. The van der Waals surface area contributed by atoms with E-state index in [-0.39, 0.29) is 5.41 Å². The van der Waals surface area contributed by atoms with Gasteiger partial charge >= 0.3 is 0 Å². The number of hydrogen-bond donors (Lipinski definition) is 0.